The number of carbonyl (C=O) groups excluding carboxylic acids is 2. The summed E-state index contributed by atoms with van der Waals surface area (Å²) in [6.07, 6.45) is -4.01. The van der Waals surface area contributed by atoms with Crippen LogP contribution in [0.4, 0.5) is 13.2 Å². The number of hydrogen-bond acceptors (Lipinski definition) is 5. The lowest BCUT2D eigenvalue weighted by atomic mass is 9.39. The molecule has 4 rings (SSSR count). The van der Waals surface area contributed by atoms with Gasteiger partial charge in [0, 0.05) is 18.4 Å². The van der Waals surface area contributed by atoms with Gasteiger partial charge in [0.15, 0.2) is 0 Å². The lowest BCUT2D eigenvalue weighted by Gasteiger charge is -2.68. The SMILES string of the molecule is NNC(=O)C12CC(NC(=O)CO[C@H]3C[C@@H](OC(F)(F)F)C3)(C1)C2. The summed E-state index contributed by atoms with van der Waals surface area (Å²) < 4.78 is 45.0. The summed E-state index contributed by atoms with van der Waals surface area (Å²) in [6, 6.07) is 0. The van der Waals surface area contributed by atoms with E-state index >= 15 is 0 Å². The highest BCUT2D eigenvalue weighted by atomic mass is 19.4. The minimum absolute atomic E-state index is 0.123. The molecule has 4 saturated carbocycles. The average Bonchev–Trinajstić information content (AvgIpc) is 2.32. The third-order valence-electron chi connectivity index (χ3n) is 4.85. The van der Waals surface area contributed by atoms with E-state index in [0.717, 1.165) is 0 Å². The molecule has 0 aromatic heterocycles. The van der Waals surface area contributed by atoms with Gasteiger partial charge in [-0.25, -0.2) is 5.84 Å². The number of rotatable bonds is 6. The highest BCUT2D eigenvalue weighted by molar-refractivity contribution is 5.88. The van der Waals surface area contributed by atoms with Crippen LogP contribution in [-0.2, 0) is 19.1 Å². The molecule has 4 aliphatic carbocycles. The van der Waals surface area contributed by atoms with Crippen molar-refractivity contribution in [2.24, 2.45) is 11.3 Å². The van der Waals surface area contributed by atoms with Crippen molar-refractivity contribution in [3.05, 3.63) is 0 Å². The Morgan fingerprint density at radius 2 is 1.78 bits per heavy atom. The normalized spacial score (nSPS) is 37.9. The van der Waals surface area contributed by atoms with Gasteiger partial charge in [0.2, 0.25) is 11.8 Å². The highest BCUT2D eigenvalue weighted by Gasteiger charge is 2.72. The highest BCUT2D eigenvalue weighted by Crippen LogP contribution is 2.67. The molecule has 0 spiro atoms. The van der Waals surface area contributed by atoms with Crippen molar-refractivity contribution in [2.75, 3.05) is 6.61 Å². The molecule has 0 radical (unpaired) electrons. The van der Waals surface area contributed by atoms with Crippen molar-refractivity contribution < 1.29 is 32.2 Å². The molecule has 0 aromatic rings. The van der Waals surface area contributed by atoms with Crippen molar-refractivity contribution in [1.29, 1.82) is 0 Å². The van der Waals surface area contributed by atoms with Crippen LogP contribution in [0.5, 0.6) is 0 Å². The van der Waals surface area contributed by atoms with Crippen LogP contribution in [0, 0.1) is 5.41 Å². The first-order valence-electron chi connectivity index (χ1n) is 7.34. The molecule has 130 valence electrons. The van der Waals surface area contributed by atoms with Crippen molar-refractivity contribution in [3.63, 3.8) is 0 Å². The third-order valence-corrected chi connectivity index (χ3v) is 4.85. The number of alkyl halides is 3. The Kier molecular flexibility index (Phi) is 3.81. The maximum atomic E-state index is 12.0. The largest absolute Gasteiger partial charge is 0.522 e. The van der Waals surface area contributed by atoms with Crippen molar-refractivity contribution >= 4 is 11.8 Å². The molecule has 0 aromatic carbocycles. The van der Waals surface area contributed by atoms with Gasteiger partial charge in [-0.05, 0) is 19.3 Å². The van der Waals surface area contributed by atoms with E-state index in [9.17, 15) is 22.8 Å². The molecule has 0 saturated heterocycles. The summed E-state index contributed by atoms with van der Waals surface area (Å²) >= 11 is 0. The standard InChI is InChI=1S/C13H18F3N3O4/c14-13(15,16)23-8-1-7(2-8)22-3-9(20)18-12-4-11(5-12,6-12)10(21)19-17/h7-8H,1-6,17H2,(H,18,20)(H,19,21)/t7-,8+,11?,12?. The van der Waals surface area contributed by atoms with Crippen LogP contribution in [0.2, 0.25) is 0 Å². The van der Waals surface area contributed by atoms with Gasteiger partial charge in [0.25, 0.3) is 0 Å². The molecule has 4 N–H and O–H groups in total. The molecule has 4 aliphatic rings. The van der Waals surface area contributed by atoms with E-state index < -0.39 is 24.0 Å². The minimum atomic E-state index is -4.64. The van der Waals surface area contributed by atoms with E-state index in [1.54, 1.807) is 0 Å². The number of halogens is 3. The quantitative estimate of drug-likeness (QED) is 0.362. The second-order valence-corrected chi connectivity index (χ2v) is 6.70. The van der Waals surface area contributed by atoms with E-state index in [0.29, 0.717) is 19.3 Å². The van der Waals surface area contributed by atoms with E-state index in [2.05, 4.69) is 15.5 Å². The number of hydrogen-bond donors (Lipinski definition) is 3. The van der Waals surface area contributed by atoms with Crippen LogP contribution in [-0.4, -0.2) is 42.5 Å². The van der Waals surface area contributed by atoms with Gasteiger partial charge in [-0.15, -0.1) is 13.2 Å². The molecule has 0 heterocycles. The zero-order chi connectivity index (χ0) is 16.9. The second-order valence-electron chi connectivity index (χ2n) is 6.70. The van der Waals surface area contributed by atoms with Crippen LogP contribution in [0.25, 0.3) is 0 Å². The van der Waals surface area contributed by atoms with E-state index in [1.807, 2.05) is 0 Å². The molecule has 0 aliphatic heterocycles. The fourth-order valence-corrected chi connectivity index (χ4v) is 3.78. The zero-order valence-corrected chi connectivity index (χ0v) is 12.2. The molecular weight excluding hydrogens is 319 g/mol. The van der Waals surface area contributed by atoms with Gasteiger partial charge >= 0.3 is 6.36 Å². The maximum absolute atomic E-state index is 12.0. The Morgan fingerprint density at radius 3 is 2.30 bits per heavy atom. The molecule has 0 unspecified atom stereocenters. The second kappa shape index (κ2) is 5.32. The van der Waals surface area contributed by atoms with Gasteiger partial charge in [-0.1, -0.05) is 0 Å². The Bertz CT molecular complexity index is 499. The molecule has 2 amide bonds. The van der Waals surface area contributed by atoms with Crippen LogP contribution in [0.1, 0.15) is 32.1 Å². The number of carbonyl (C=O) groups is 2. The number of amides is 2. The molecule has 10 heteroatoms. The van der Waals surface area contributed by atoms with E-state index in [4.69, 9.17) is 10.6 Å². The maximum Gasteiger partial charge on any atom is 0.522 e. The first-order valence-corrected chi connectivity index (χ1v) is 7.34. The minimum Gasteiger partial charge on any atom is -0.368 e. The summed E-state index contributed by atoms with van der Waals surface area (Å²) in [5, 5.41) is 2.82. The third kappa shape index (κ3) is 3.15. The number of hydrazine groups is 1. The first-order chi connectivity index (χ1) is 10.7. The van der Waals surface area contributed by atoms with Gasteiger partial charge in [0.1, 0.15) is 6.61 Å². The predicted octanol–water partition coefficient (Wildman–Crippen LogP) is 0.0992. The summed E-state index contributed by atoms with van der Waals surface area (Å²) in [6.45, 7) is -0.207. The molecule has 23 heavy (non-hydrogen) atoms. The predicted molar refractivity (Wildman–Crippen MR) is 69.4 cm³/mol. The van der Waals surface area contributed by atoms with Crippen molar-refractivity contribution in [2.45, 2.75) is 56.2 Å². The molecule has 2 bridgehead atoms. The zero-order valence-electron chi connectivity index (χ0n) is 12.2. The fourth-order valence-electron chi connectivity index (χ4n) is 3.78. The summed E-state index contributed by atoms with van der Waals surface area (Å²) in [4.78, 5) is 23.3. The Balaban J connectivity index is 1.30. The van der Waals surface area contributed by atoms with Crippen LogP contribution < -0.4 is 16.6 Å². The molecular formula is C13H18F3N3O4. The Morgan fingerprint density at radius 1 is 1.17 bits per heavy atom. The van der Waals surface area contributed by atoms with Gasteiger partial charge < -0.3 is 10.1 Å². The first kappa shape index (κ1) is 16.5. The van der Waals surface area contributed by atoms with E-state index in [-0.39, 0.29) is 36.8 Å². The smallest absolute Gasteiger partial charge is 0.368 e. The van der Waals surface area contributed by atoms with Gasteiger partial charge in [-0.2, -0.15) is 0 Å². The average molecular weight is 337 g/mol. The monoisotopic (exact) mass is 337 g/mol. The van der Waals surface area contributed by atoms with Crippen molar-refractivity contribution in [3.8, 4) is 0 Å². The lowest BCUT2D eigenvalue weighted by molar-refractivity contribution is -0.357. The van der Waals surface area contributed by atoms with E-state index in [1.165, 1.54) is 0 Å². The van der Waals surface area contributed by atoms with Crippen LogP contribution in [0.3, 0.4) is 0 Å². The summed E-state index contributed by atoms with van der Waals surface area (Å²) in [5.41, 5.74) is 1.33. The Labute approximate surface area is 130 Å². The molecule has 7 nitrogen and oxygen atoms in total. The number of nitrogens with two attached hydrogens (primary N) is 1. The lowest BCUT2D eigenvalue weighted by Crippen LogP contribution is -2.78. The summed E-state index contributed by atoms with van der Waals surface area (Å²) in [5.74, 6) is 4.56. The topological polar surface area (TPSA) is 103 Å². The van der Waals surface area contributed by atoms with Crippen LogP contribution in [0.15, 0.2) is 0 Å². The summed E-state index contributed by atoms with van der Waals surface area (Å²) in [7, 11) is 0. The molecule has 0 atom stereocenters. The fraction of sp³-hybridized carbons (Fsp3) is 0.846. The molecule has 4 fully saturated rings. The van der Waals surface area contributed by atoms with Crippen molar-refractivity contribution in [1.82, 2.24) is 10.7 Å². The van der Waals surface area contributed by atoms with Gasteiger partial charge in [-0.3, -0.25) is 19.8 Å². The van der Waals surface area contributed by atoms with Crippen LogP contribution >= 0.6 is 0 Å². The Hall–Kier alpha value is -1.39. The number of nitrogens with one attached hydrogen (secondary N) is 2. The number of ether oxygens (including phenoxy) is 2. The van der Waals surface area contributed by atoms with Gasteiger partial charge in [0.05, 0.1) is 17.6 Å².